The van der Waals surface area contributed by atoms with Gasteiger partial charge in [0.15, 0.2) is 8.32 Å². The molecule has 1 saturated heterocycles. The van der Waals surface area contributed by atoms with Crippen LogP contribution in [0.25, 0.3) is 0 Å². The maximum absolute atomic E-state index is 11.9. The molecule has 0 aliphatic carbocycles. The number of carbonyl (C=O) groups is 1. The number of hydrogen-bond acceptors (Lipinski definition) is 3. The Morgan fingerprint density at radius 2 is 1.74 bits per heavy atom. The van der Waals surface area contributed by atoms with Crippen LogP contribution in [0.2, 0.25) is 19.6 Å². The lowest BCUT2D eigenvalue weighted by Gasteiger charge is -2.34. The van der Waals surface area contributed by atoms with Gasteiger partial charge in [-0.25, -0.2) is 4.79 Å². The molecule has 1 amide bonds. The Morgan fingerprint density at radius 1 is 1.21 bits per heavy atom. The predicted molar refractivity (Wildman–Crippen MR) is 79.8 cm³/mol. The molecule has 1 rings (SSSR count). The number of hydrogen-bond donors (Lipinski definition) is 0. The van der Waals surface area contributed by atoms with Gasteiger partial charge in [0.2, 0.25) is 0 Å². The van der Waals surface area contributed by atoms with Gasteiger partial charge in [0.05, 0.1) is 0 Å². The van der Waals surface area contributed by atoms with E-state index in [1.165, 1.54) is 0 Å². The molecule has 1 aliphatic heterocycles. The summed E-state index contributed by atoms with van der Waals surface area (Å²) in [5.41, 5.74) is -0.408. The third-order valence-corrected chi connectivity index (χ3v) is 4.05. The topological polar surface area (TPSA) is 38.8 Å². The van der Waals surface area contributed by atoms with Gasteiger partial charge in [-0.05, 0) is 59.2 Å². The number of ether oxygens (including phenoxy) is 1. The molecule has 0 N–H and O–H groups in total. The lowest BCUT2D eigenvalue weighted by atomic mass is 9.98. The lowest BCUT2D eigenvalue weighted by molar-refractivity contribution is 0.0163. The van der Waals surface area contributed by atoms with Gasteiger partial charge in [0, 0.05) is 19.7 Å². The second kappa shape index (κ2) is 6.26. The molecule has 0 spiro atoms. The van der Waals surface area contributed by atoms with E-state index in [9.17, 15) is 4.79 Å². The van der Waals surface area contributed by atoms with E-state index in [1.807, 2.05) is 25.7 Å². The number of rotatable bonds is 3. The average molecular weight is 287 g/mol. The van der Waals surface area contributed by atoms with Crippen molar-refractivity contribution < 1.29 is 14.0 Å². The van der Waals surface area contributed by atoms with Crippen LogP contribution >= 0.6 is 0 Å². The van der Waals surface area contributed by atoms with E-state index in [1.54, 1.807) is 0 Å². The van der Waals surface area contributed by atoms with E-state index < -0.39 is 13.9 Å². The zero-order chi connectivity index (χ0) is 14.7. The fraction of sp³-hybridized carbons (Fsp3) is 0.929. The first-order valence-corrected chi connectivity index (χ1v) is 10.6. The number of nitrogens with zero attached hydrogens (tertiary/aromatic N) is 1. The zero-order valence-corrected chi connectivity index (χ0v) is 14.3. The molecule has 0 aromatic heterocycles. The summed E-state index contributed by atoms with van der Waals surface area (Å²) in [5, 5.41) is 0. The van der Waals surface area contributed by atoms with Crippen LogP contribution in [0.15, 0.2) is 0 Å². The molecule has 0 atom stereocenters. The van der Waals surface area contributed by atoms with Gasteiger partial charge in [-0.1, -0.05) is 0 Å². The molecule has 0 aromatic carbocycles. The third kappa shape index (κ3) is 6.97. The number of carbonyl (C=O) groups excluding carboxylic acids is 1. The average Bonchev–Trinajstić information content (AvgIpc) is 2.23. The van der Waals surface area contributed by atoms with Gasteiger partial charge in [0.25, 0.3) is 0 Å². The van der Waals surface area contributed by atoms with Crippen LogP contribution in [0, 0.1) is 5.92 Å². The van der Waals surface area contributed by atoms with Crippen LogP contribution in [0.1, 0.15) is 33.6 Å². The standard InChI is InChI=1S/C14H29NO3Si/c1-14(2,3)18-13(16)15-9-7-12(8-10-15)11-17-19(4,5)6/h12H,7-11H2,1-6H3. The van der Waals surface area contributed by atoms with Gasteiger partial charge in [-0.15, -0.1) is 0 Å². The number of likely N-dealkylation sites (tertiary alicyclic amines) is 1. The third-order valence-electron chi connectivity index (χ3n) is 3.02. The first-order chi connectivity index (χ1) is 8.57. The molecule has 0 saturated carbocycles. The second-order valence-electron chi connectivity index (χ2n) is 7.33. The minimum absolute atomic E-state index is 0.183. The molecule has 5 heteroatoms. The highest BCUT2D eigenvalue weighted by molar-refractivity contribution is 6.69. The molecule has 19 heavy (non-hydrogen) atoms. The number of amides is 1. The molecule has 0 bridgehead atoms. The van der Waals surface area contributed by atoms with Crippen LogP contribution in [-0.4, -0.2) is 44.6 Å². The van der Waals surface area contributed by atoms with Crippen molar-refractivity contribution >= 4 is 14.4 Å². The summed E-state index contributed by atoms with van der Waals surface area (Å²) in [6.45, 7) is 14.8. The Kier molecular flexibility index (Phi) is 5.44. The van der Waals surface area contributed by atoms with E-state index >= 15 is 0 Å². The van der Waals surface area contributed by atoms with E-state index in [0.717, 1.165) is 32.5 Å². The van der Waals surface area contributed by atoms with Crippen molar-refractivity contribution in [3.8, 4) is 0 Å². The first kappa shape index (κ1) is 16.5. The maximum atomic E-state index is 11.9. The Morgan fingerprint density at radius 3 is 2.16 bits per heavy atom. The van der Waals surface area contributed by atoms with E-state index in [0.29, 0.717) is 5.92 Å². The predicted octanol–water partition coefficient (Wildman–Crippen LogP) is 3.49. The molecular weight excluding hydrogens is 258 g/mol. The smallest absolute Gasteiger partial charge is 0.410 e. The van der Waals surface area contributed by atoms with Crippen molar-refractivity contribution in [2.45, 2.75) is 58.9 Å². The quantitative estimate of drug-likeness (QED) is 0.746. The number of piperidine rings is 1. The van der Waals surface area contributed by atoms with Crippen LogP contribution in [0.3, 0.4) is 0 Å². The summed E-state index contributed by atoms with van der Waals surface area (Å²) in [4.78, 5) is 13.7. The van der Waals surface area contributed by atoms with Gasteiger partial charge in [0.1, 0.15) is 5.60 Å². The van der Waals surface area contributed by atoms with E-state index in [-0.39, 0.29) is 6.09 Å². The minimum atomic E-state index is -1.42. The summed E-state index contributed by atoms with van der Waals surface area (Å²) in [5.74, 6) is 0.588. The van der Waals surface area contributed by atoms with Crippen molar-refractivity contribution in [3.05, 3.63) is 0 Å². The molecule has 1 fully saturated rings. The SMILES string of the molecule is CC(C)(C)OC(=O)N1CCC(CO[Si](C)(C)C)CC1. The molecule has 0 radical (unpaired) electrons. The highest BCUT2D eigenvalue weighted by atomic mass is 28.4. The van der Waals surface area contributed by atoms with Gasteiger partial charge < -0.3 is 14.1 Å². The van der Waals surface area contributed by atoms with Crippen molar-refractivity contribution in [1.29, 1.82) is 0 Å². The molecule has 112 valence electrons. The van der Waals surface area contributed by atoms with E-state index in [4.69, 9.17) is 9.16 Å². The molecule has 1 aliphatic rings. The van der Waals surface area contributed by atoms with Crippen molar-refractivity contribution in [2.75, 3.05) is 19.7 Å². The van der Waals surface area contributed by atoms with Crippen molar-refractivity contribution in [3.63, 3.8) is 0 Å². The highest BCUT2D eigenvalue weighted by Gasteiger charge is 2.27. The summed E-state index contributed by atoms with van der Waals surface area (Å²) >= 11 is 0. The van der Waals surface area contributed by atoms with Gasteiger partial charge >= 0.3 is 6.09 Å². The normalized spacial score (nSPS) is 18.5. The molecule has 0 unspecified atom stereocenters. The zero-order valence-electron chi connectivity index (χ0n) is 13.3. The minimum Gasteiger partial charge on any atom is -0.444 e. The molecule has 4 nitrogen and oxygen atoms in total. The largest absolute Gasteiger partial charge is 0.444 e. The van der Waals surface area contributed by atoms with Crippen LogP contribution in [0.4, 0.5) is 4.79 Å². The summed E-state index contributed by atoms with van der Waals surface area (Å²) in [7, 11) is -1.42. The van der Waals surface area contributed by atoms with Crippen LogP contribution in [0.5, 0.6) is 0 Å². The maximum Gasteiger partial charge on any atom is 0.410 e. The van der Waals surface area contributed by atoms with Gasteiger partial charge in [-0.3, -0.25) is 0 Å². The highest BCUT2D eigenvalue weighted by Crippen LogP contribution is 2.21. The fourth-order valence-electron chi connectivity index (χ4n) is 1.98. The van der Waals surface area contributed by atoms with Crippen LogP contribution in [-0.2, 0) is 9.16 Å². The van der Waals surface area contributed by atoms with Gasteiger partial charge in [-0.2, -0.15) is 0 Å². The van der Waals surface area contributed by atoms with Crippen LogP contribution < -0.4 is 0 Å². The van der Waals surface area contributed by atoms with Crippen molar-refractivity contribution in [1.82, 2.24) is 4.90 Å². The Balaban J connectivity index is 2.31. The molecule has 0 aromatic rings. The Hall–Kier alpha value is -0.553. The Labute approximate surface area is 118 Å². The molecular formula is C14H29NO3Si. The summed E-state index contributed by atoms with van der Waals surface area (Å²) < 4.78 is 11.3. The monoisotopic (exact) mass is 287 g/mol. The lowest BCUT2D eigenvalue weighted by Crippen LogP contribution is -2.43. The fourth-order valence-corrected chi connectivity index (χ4v) is 2.71. The van der Waals surface area contributed by atoms with E-state index in [2.05, 4.69) is 19.6 Å². The molecule has 1 heterocycles. The first-order valence-electron chi connectivity index (χ1n) is 7.19. The summed E-state index contributed by atoms with van der Waals surface area (Å²) in [6.07, 6.45) is 1.85. The Bertz CT molecular complexity index is 299. The summed E-state index contributed by atoms with van der Waals surface area (Å²) in [6, 6.07) is 0. The second-order valence-corrected chi connectivity index (χ2v) is 11.8. The van der Waals surface area contributed by atoms with Crippen molar-refractivity contribution in [2.24, 2.45) is 5.92 Å².